The molecule has 2 nitrogen and oxygen atoms in total. The van der Waals surface area contributed by atoms with E-state index in [9.17, 15) is 13.6 Å². The monoisotopic (exact) mass is 219 g/mol. The molecule has 0 spiro atoms. The van der Waals surface area contributed by atoms with Crippen LogP contribution in [0, 0.1) is 11.6 Å². The average molecular weight is 219 g/mol. The van der Waals surface area contributed by atoms with E-state index in [1.807, 2.05) is 0 Å². The summed E-state index contributed by atoms with van der Waals surface area (Å²) >= 11 is 0. The van der Waals surface area contributed by atoms with Crippen molar-refractivity contribution < 1.29 is 13.6 Å². The molecule has 80 valence electrons. The van der Waals surface area contributed by atoms with Crippen molar-refractivity contribution in [3.05, 3.63) is 53.9 Å². The van der Waals surface area contributed by atoms with E-state index < -0.39 is 11.6 Å². The maximum Gasteiger partial charge on any atom is 0.169 e. The normalized spacial score (nSPS) is 10.1. The van der Waals surface area contributed by atoms with Gasteiger partial charge in [-0.15, -0.1) is 0 Å². The number of pyridine rings is 1. The molecule has 4 heteroatoms. The largest absolute Gasteiger partial charge is 0.296 e. The second kappa shape index (κ2) is 4.18. The molecular weight excluding hydrogens is 212 g/mol. The molecular formula is C12H7F2NO. The molecule has 0 saturated heterocycles. The second-order valence-corrected chi connectivity index (χ2v) is 3.21. The molecule has 2 aromatic rings. The molecule has 0 amide bonds. The first-order valence-corrected chi connectivity index (χ1v) is 4.57. The molecule has 1 aromatic carbocycles. The Morgan fingerprint density at radius 3 is 2.44 bits per heavy atom. The van der Waals surface area contributed by atoms with Crippen LogP contribution in [0.1, 0.15) is 10.5 Å². The highest BCUT2D eigenvalue weighted by Gasteiger charge is 2.07. The van der Waals surface area contributed by atoms with Gasteiger partial charge in [-0.3, -0.25) is 9.78 Å². The van der Waals surface area contributed by atoms with E-state index in [1.54, 1.807) is 12.1 Å². The predicted octanol–water partition coefficient (Wildman–Crippen LogP) is 2.84. The summed E-state index contributed by atoms with van der Waals surface area (Å²) in [6.07, 6.45) is 2.00. The highest BCUT2D eigenvalue weighted by Crippen LogP contribution is 2.23. The van der Waals surface area contributed by atoms with Gasteiger partial charge in [-0.05, 0) is 23.8 Å². The van der Waals surface area contributed by atoms with Crippen LogP contribution < -0.4 is 0 Å². The van der Waals surface area contributed by atoms with E-state index >= 15 is 0 Å². The predicted molar refractivity (Wildman–Crippen MR) is 55.0 cm³/mol. The molecule has 16 heavy (non-hydrogen) atoms. The minimum absolute atomic E-state index is 0.160. The van der Waals surface area contributed by atoms with Gasteiger partial charge in [0.15, 0.2) is 6.29 Å². The van der Waals surface area contributed by atoms with Crippen LogP contribution in [0.15, 0.2) is 36.5 Å². The van der Waals surface area contributed by atoms with Gasteiger partial charge in [0.2, 0.25) is 0 Å². The van der Waals surface area contributed by atoms with E-state index in [1.165, 1.54) is 6.20 Å². The van der Waals surface area contributed by atoms with E-state index in [0.717, 1.165) is 18.2 Å². The van der Waals surface area contributed by atoms with Crippen molar-refractivity contribution in [2.75, 3.05) is 0 Å². The molecule has 1 heterocycles. The van der Waals surface area contributed by atoms with Gasteiger partial charge < -0.3 is 0 Å². The number of nitrogens with zero attached hydrogens (tertiary/aromatic N) is 1. The Balaban J connectivity index is 2.62. The fraction of sp³-hybridized carbons (Fsp3) is 0. The molecule has 0 saturated carbocycles. The Kier molecular flexibility index (Phi) is 2.72. The summed E-state index contributed by atoms with van der Waals surface area (Å²) in [4.78, 5) is 14.5. The van der Waals surface area contributed by atoms with Crippen molar-refractivity contribution in [3.63, 3.8) is 0 Å². The Labute approximate surface area is 90.6 Å². The maximum absolute atomic E-state index is 13.0. The van der Waals surface area contributed by atoms with Gasteiger partial charge in [-0.2, -0.15) is 0 Å². The number of carbonyl (C=O) groups excluding carboxylic acids is 1. The van der Waals surface area contributed by atoms with Crippen molar-refractivity contribution in [2.45, 2.75) is 0 Å². The van der Waals surface area contributed by atoms with Crippen molar-refractivity contribution in [3.8, 4) is 11.1 Å². The van der Waals surface area contributed by atoms with Gasteiger partial charge in [0.1, 0.15) is 17.3 Å². The summed E-state index contributed by atoms with van der Waals surface area (Å²) in [5.41, 5.74) is 0.871. The lowest BCUT2D eigenvalue weighted by Crippen LogP contribution is -1.92. The number of aromatic nitrogens is 1. The van der Waals surface area contributed by atoms with Crippen molar-refractivity contribution in [2.24, 2.45) is 0 Å². The fourth-order valence-corrected chi connectivity index (χ4v) is 1.46. The first-order valence-electron chi connectivity index (χ1n) is 4.57. The Hall–Kier alpha value is -2.10. The standard InChI is InChI=1S/C12H7F2NO/c13-9-4-8(5-10(14)6-9)11-2-1-3-15-12(11)7-16/h1-7H. The van der Waals surface area contributed by atoms with Gasteiger partial charge in [-0.1, -0.05) is 6.07 Å². The van der Waals surface area contributed by atoms with Crippen LogP contribution in [-0.4, -0.2) is 11.3 Å². The molecule has 0 atom stereocenters. The van der Waals surface area contributed by atoms with Crippen LogP contribution in [0.5, 0.6) is 0 Å². The number of rotatable bonds is 2. The summed E-state index contributed by atoms with van der Waals surface area (Å²) in [7, 11) is 0. The number of halogens is 2. The van der Waals surface area contributed by atoms with Crippen molar-refractivity contribution in [1.29, 1.82) is 0 Å². The molecule has 0 bridgehead atoms. The third kappa shape index (κ3) is 1.95. The van der Waals surface area contributed by atoms with Gasteiger partial charge in [0, 0.05) is 17.8 Å². The number of aldehydes is 1. The molecule has 0 unspecified atom stereocenters. The minimum atomic E-state index is -0.685. The summed E-state index contributed by atoms with van der Waals surface area (Å²) in [6, 6.07) is 6.29. The highest BCUT2D eigenvalue weighted by molar-refractivity contribution is 5.84. The summed E-state index contributed by atoms with van der Waals surface area (Å²) in [6.45, 7) is 0. The zero-order chi connectivity index (χ0) is 11.5. The van der Waals surface area contributed by atoms with E-state index in [0.29, 0.717) is 17.4 Å². The first kappa shape index (κ1) is 10.4. The zero-order valence-corrected chi connectivity index (χ0v) is 8.15. The van der Waals surface area contributed by atoms with Gasteiger partial charge >= 0.3 is 0 Å². The smallest absolute Gasteiger partial charge is 0.169 e. The van der Waals surface area contributed by atoms with E-state index in [2.05, 4.69) is 4.98 Å². The molecule has 1 aromatic heterocycles. The lowest BCUT2D eigenvalue weighted by molar-refractivity contribution is 0.111. The van der Waals surface area contributed by atoms with E-state index in [4.69, 9.17) is 0 Å². The van der Waals surface area contributed by atoms with E-state index in [-0.39, 0.29) is 5.69 Å². The van der Waals surface area contributed by atoms with Crippen LogP contribution in [0.25, 0.3) is 11.1 Å². The number of benzene rings is 1. The number of carbonyl (C=O) groups is 1. The molecule has 2 rings (SSSR count). The molecule has 0 fully saturated rings. The number of hydrogen-bond acceptors (Lipinski definition) is 2. The lowest BCUT2D eigenvalue weighted by Gasteiger charge is -2.04. The summed E-state index contributed by atoms with van der Waals surface area (Å²) in [5.74, 6) is -1.37. The Morgan fingerprint density at radius 2 is 1.81 bits per heavy atom. The third-order valence-electron chi connectivity index (χ3n) is 2.12. The molecule has 0 aliphatic heterocycles. The van der Waals surface area contributed by atoms with Crippen molar-refractivity contribution in [1.82, 2.24) is 4.98 Å². The molecule has 0 aliphatic carbocycles. The highest BCUT2D eigenvalue weighted by atomic mass is 19.1. The molecule has 0 radical (unpaired) electrons. The van der Waals surface area contributed by atoms with Gasteiger partial charge in [0.05, 0.1) is 0 Å². The van der Waals surface area contributed by atoms with Crippen LogP contribution >= 0.6 is 0 Å². The first-order chi connectivity index (χ1) is 7.70. The average Bonchev–Trinajstić information content (AvgIpc) is 2.27. The fourth-order valence-electron chi connectivity index (χ4n) is 1.46. The second-order valence-electron chi connectivity index (χ2n) is 3.21. The minimum Gasteiger partial charge on any atom is -0.296 e. The zero-order valence-electron chi connectivity index (χ0n) is 8.15. The SMILES string of the molecule is O=Cc1ncccc1-c1cc(F)cc(F)c1. The van der Waals surface area contributed by atoms with Crippen molar-refractivity contribution >= 4 is 6.29 Å². The Bertz CT molecular complexity index is 520. The quantitative estimate of drug-likeness (QED) is 0.727. The number of hydrogen-bond donors (Lipinski definition) is 0. The molecule has 0 aliphatic rings. The Morgan fingerprint density at radius 1 is 1.12 bits per heavy atom. The van der Waals surface area contributed by atoms with Crippen LogP contribution in [0.4, 0.5) is 8.78 Å². The van der Waals surface area contributed by atoms with Gasteiger partial charge in [-0.25, -0.2) is 8.78 Å². The third-order valence-corrected chi connectivity index (χ3v) is 2.12. The van der Waals surface area contributed by atoms with Crippen LogP contribution in [0.2, 0.25) is 0 Å². The lowest BCUT2D eigenvalue weighted by atomic mass is 10.0. The molecule has 0 N–H and O–H groups in total. The maximum atomic E-state index is 13.0. The van der Waals surface area contributed by atoms with Crippen LogP contribution in [0.3, 0.4) is 0 Å². The topological polar surface area (TPSA) is 30.0 Å². The van der Waals surface area contributed by atoms with Gasteiger partial charge in [0.25, 0.3) is 0 Å². The summed E-state index contributed by atoms with van der Waals surface area (Å²) in [5, 5.41) is 0. The van der Waals surface area contributed by atoms with Crippen LogP contribution in [-0.2, 0) is 0 Å². The summed E-state index contributed by atoms with van der Waals surface area (Å²) < 4.78 is 26.0.